The van der Waals surface area contributed by atoms with Gasteiger partial charge in [0.15, 0.2) is 0 Å². The maximum Gasteiger partial charge on any atom is 0.417 e. The second kappa shape index (κ2) is 7.53. The molecule has 29 heavy (non-hydrogen) atoms. The Bertz CT molecular complexity index is 906. The van der Waals surface area contributed by atoms with Crippen LogP contribution in [0.4, 0.5) is 19.1 Å². The highest BCUT2D eigenvalue weighted by Crippen LogP contribution is 2.58. The molecule has 0 radical (unpaired) electrons. The number of fused-ring (bicyclic) bond motifs is 1. The van der Waals surface area contributed by atoms with Crippen LogP contribution in [-0.4, -0.2) is 49.3 Å². The topological polar surface area (TPSA) is 67.6 Å². The van der Waals surface area contributed by atoms with E-state index >= 15 is 0 Å². The first-order valence-electron chi connectivity index (χ1n) is 9.15. The zero-order valence-electron chi connectivity index (χ0n) is 15.5. The van der Waals surface area contributed by atoms with Gasteiger partial charge in [-0.25, -0.2) is 0 Å². The first-order chi connectivity index (χ1) is 13.8. The number of anilines is 1. The maximum absolute atomic E-state index is 12.8. The number of halogens is 4. The smallest absolute Gasteiger partial charge is 0.383 e. The minimum atomic E-state index is -4.55. The molecule has 1 aliphatic carbocycles. The van der Waals surface area contributed by atoms with E-state index in [2.05, 4.69) is 10.5 Å². The summed E-state index contributed by atoms with van der Waals surface area (Å²) in [5.74, 6) is 1.06. The number of carbonyl (C=O) groups is 1. The van der Waals surface area contributed by atoms with Crippen molar-refractivity contribution < 1.29 is 27.2 Å². The Morgan fingerprint density at radius 3 is 2.69 bits per heavy atom. The van der Waals surface area contributed by atoms with Crippen LogP contribution in [0.15, 0.2) is 28.8 Å². The van der Waals surface area contributed by atoms with E-state index in [0.717, 1.165) is 17.8 Å². The Balaban J connectivity index is 1.36. The molecule has 10 heteroatoms. The molecular weight excluding hydrogens is 411 g/mol. The number of hydrogen-bond acceptors (Lipinski definition) is 5. The van der Waals surface area contributed by atoms with Gasteiger partial charge < -0.3 is 19.5 Å². The van der Waals surface area contributed by atoms with Gasteiger partial charge in [0, 0.05) is 44.3 Å². The Morgan fingerprint density at radius 1 is 1.34 bits per heavy atom. The van der Waals surface area contributed by atoms with Gasteiger partial charge in [-0.1, -0.05) is 16.8 Å². The lowest BCUT2D eigenvalue weighted by Gasteiger charge is -2.20. The molecule has 1 aromatic heterocycles. The number of hydrogen-bond donors (Lipinski definition) is 1. The van der Waals surface area contributed by atoms with Gasteiger partial charge in [0.05, 0.1) is 22.9 Å². The van der Waals surface area contributed by atoms with E-state index in [1.54, 1.807) is 12.0 Å². The van der Waals surface area contributed by atoms with Gasteiger partial charge in [-0.05, 0) is 30.0 Å². The predicted molar refractivity (Wildman–Crippen MR) is 98.9 cm³/mol. The molecule has 1 aromatic carbocycles. The van der Waals surface area contributed by atoms with E-state index in [9.17, 15) is 18.0 Å². The molecule has 4 rings (SSSR count). The number of methoxy groups -OCH3 is 1. The number of ether oxygens (including phenoxy) is 1. The van der Waals surface area contributed by atoms with Gasteiger partial charge in [0.25, 0.3) is 5.91 Å². The number of likely N-dealkylation sites (tertiary alicyclic amines) is 1. The van der Waals surface area contributed by atoms with E-state index in [0.29, 0.717) is 32.1 Å². The highest BCUT2D eigenvalue weighted by Gasteiger charge is 2.58. The molecule has 156 valence electrons. The van der Waals surface area contributed by atoms with Crippen LogP contribution in [-0.2, 0) is 10.9 Å². The van der Waals surface area contributed by atoms with Crippen LogP contribution >= 0.6 is 11.6 Å². The largest absolute Gasteiger partial charge is 0.417 e. The quantitative estimate of drug-likeness (QED) is 0.706. The molecule has 6 nitrogen and oxygen atoms in total. The molecule has 1 N–H and O–H groups in total. The summed E-state index contributed by atoms with van der Waals surface area (Å²) < 4.78 is 48.7. The van der Waals surface area contributed by atoms with Crippen molar-refractivity contribution in [3.8, 4) is 0 Å². The summed E-state index contributed by atoms with van der Waals surface area (Å²) in [4.78, 5) is 14.3. The Labute approximate surface area is 169 Å². The van der Waals surface area contributed by atoms with E-state index in [-0.39, 0.29) is 29.2 Å². The van der Waals surface area contributed by atoms with E-state index in [4.69, 9.17) is 20.9 Å². The summed E-state index contributed by atoms with van der Waals surface area (Å²) in [5, 5.41) is 6.71. The van der Waals surface area contributed by atoms with Crippen molar-refractivity contribution >= 4 is 23.4 Å². The third-order valence-electron chi connectivity index (χ3n) is 5.48. The van der Waals surface area contributed by atoms with Gasteiger partial charge in [-0.3, -0.25) is 4.79 Å². The number of amides is 1. The van der Waals surface area contributed by atoms with Crippen molar-refractivity contribution in [3.05, 3.63) is 46.1 Å². The van der Waals surface area contributed by atoms with Crippen LogP contribution in [0, 0.1) is 11.8 Å². The summed E-state index contributed by atoms with van der Waals surface area (Å²) in [7, 11) is 1.62. The zero-order valence-corrected chi connectivity index (χ0v) is 16.3. The number of carbonyl (C=O) groups excluding carboxylic acids is 1. The average Bonchev–Trinajstić information content (AvgIpc) is 3.02. The van der Waals surface area contributed by atoms with Gasteiger partial charge in [-0.15, -0.1) is 0 Å². The third kappa shape index (κ3) is 3.93. The fourth-order valence-corrected chi connectivity index (χ4v) is 4.28. The van der Waals surface area contributed by atoms with E-state index < -0.39 is 16.8 Å². The normalized spacial score (nSPS) is 23.2. The second-order valence-corrected chi connectivity index (χ2v) is 7.70. The van der Waals surface area contributed by atoms with Crippen LogP contribution in [0.5, 0.6) is 0 Å². The monoisotopic (exact) mass is 429 g/mol. The molecule has 3 atom stereocenters. The summed E-state index contributed by atoms with van der Waals surface area (Å²) in [6, 6.07) is 4.97. The first-order valence-corrected chi connectivity index (χ1v) is 9.53. The van der Waals surface area contributed by atoms with Gasteiger partial charge in [0.2, 0.25) is 5.88 Å². The summed E-state index contributed by atoms with van der Waals surface area (Å²) >= 11 is 5.73. The fourth-order valence-electron chi connectivity index (χ4n) is 4.00. The van der Waals surface area contributed by atoms with Crippen LogP contribution in [0.3, 0.4) is 0 Å². The summed E-state index contributed by atoms with van der Waals surface area (Å²) in [6.07, 6.45) is -4.55. The summed E-state index contributed by atoms with van der Waals surface area (Å²) in [6.45, 7) is 2.23. The van der Waals surface area contributed by atoms with E-state index in [1.165, 1.54) is 6.07 Å². The molecule has 1 amide bonds. The maximum atomic E-state index is 12.8. The lowest BCUT2D eigenvalue weighted by atomic mass is 10.1. The Kier molecular flexibility index (Phi) is 5.20. The highest BCUT2D eigenvalue weighted by molar-refractivity contribution is 6.31. The van der Waals surface area contributed by atoms with Crippen molar-refractivity contribution in [2.45, 2.75) is 12.1 Å². The zero-order chi connectivity index (χ0) is 20.8. The van der Waals surface area contributed by atoms with Crippen molar-refractivity contribution in [1.82, 2.24) is 10.1 Å². The summed E-state index contributed by atoms with van der Waals surface area (Å²) in [5.41, 5.74) is 0.0671. The SMILES string of the molecule is COCCNc1cc(C2[C@H]3CN(C(=O)c4ccc(C(F)(F)F)c(Cl)c4)C[C@@H]23)no1. The molecule has 1 unspecified atom stereocenters. The van der Waals surface area contributed by atoms with Gasteiger partial charge >= 0.3 is 6.18 Å². The average molecular weight is 430 g/mol. The van der Waals surface area contributed by atoms with Gasteiger partial charge in [0.1, 0.15) is 0 Å². The van der Waals surface area contributed by atoms with Crippen LogP contribution in [0.25, 0.3) is 0 Å². The number of piperidine rings is 1. The molecule has 0 spiro atoms. The molecule has 2 aromatic rings. The lowest BCUT2D eigenvalue weighted by Crippen LogP contribution is -2.31. The van der Waals surface area contributed by atoms with Crippen molar-refractivity contribution in [2.24, 2.45) is 11.8 Å². The molecule has 1 saturated heterocycles. The first kappa shape index (κ1) is 20.0. The minimum Gasteiger partial charge on any atom is -0.383 e. The minimum absolute atomic E-state index is 0.159. The fraction of sp³-hybridized carbons (Fsp3) is 0.474. The number of alkyl halides is 3. The third-order valence-corrected chi connectivity index (χ3v) is 5.79. The van der Waals surface area contributed by atoms with Crippen molar-refractivity contribution in [1.29, 1.82) is 0 Å². The van der Waals surface area contributed by atoms with E-state index in [1.807, 2.05) is 6.07 Å². The standard InChI is InChI=1S/C19H19ClF3N3O3/c1-28-5-4-24-16-7-15(25-29-16)17-11-8-26(9-12(11)17)18(27)10-2-3-13(14(20)6-10)19(21,22)23/h2-3,6-7,11-12,17,24H,4-5,8-9H2,1H3/t11-,12+,17?. The number of nitrogens with zero attached hydrogens (tertiary/aromatic N) is 2. The Hall–Kier alpha value is -2.26. The highest BCUT2D eigenvalue weighted by atomic mass is 35.5. The molecule has 2 aliphatic rings. The Morgan fingerprint density at radius 2 is 2.07 bits per heavy atom. The van der Waals surface area contributed by atoms with Crippen LogP contribution in [0.2, 0.25) is 5.02 Å². The number of benzene rings is 1. The molecule has 2 heterocycles. The second-order valence-electron chi connectivity index (χ2n) is 7.29. The van der Waals surface area contributed by atoms with Gasteiger partial charge in [-0.2, -0.15) is 13.2 Å². The lowest BCUT2D eigenvalue weighted by molar-refractivity contribution is -0.137. The van der Waals surface area contributed by atoms with Crippen molar-refractivity contribution in [3.63, 3.8) is 0 Å². The van der Waals surface area contributed by atoms with Crippen LogP contribution < -0.4 is 5.32 Å². The number of aromatic nitrogens is 1. The molecule has 1 saturated carbocycles. The number of rotatable bonds is 6. The molecule has 2 fully saturated rings. The van der Waals surface area contributed by atoms with Crippen LogP contribution in [0.1, 0.15) is 27.5 Å². The molecule has 0 bridgehead atoms. The predicted octanol–water partition coefficient (Wildman–Crippen LogP) is 3.89. The molecule has 1 aliphatic heterocycles. The van der Waals surface area contributed by atoms with Crippen molar-refractivity contribution in [2.75, 3.05) is 38.7 Å². The molecular formula is C19H19ClF3N3O3. The number of nitrogens with one attached hydrogen (secondary N) is 1.